The van der Waals surface area contributed by atoms with Gasteiger partial charge in [-0.2, -0.15) is 5.10 Å². The summed E-state index contributed by atoms with van der Waals surface area (Å²) < 4.78 is 1.30. The van der Waals surface area contributed by atoms with Crippen LogP contribution >= 0.6 is 0 Å². The Kier molecular flexibility index (Phi) is 4.88. The normalized spacial score (nSPS) is 17.5. The number of hydrogen-bond donors (Lipinski definition) is 1. The Morgan fingerprint density at radius 3 is 3.04 bits per heavy atom. The van der Waals surface area contributed by atoms with Gasteiger partial charge in [0, 0.05) is 45.1 Å². The average molecular weight is 327 g/mol. The van der Waals surface area contributed by atoms with E-state index in [1.54, 1.807) is 31.7 Å². The summed E-state index contributed by atoms with van der Waals surface area (Å²) in [6.07, 6.45) is 6.91. The Morgan fingerprint density at radius 2 is 2.29 bits per heavy atom. The van der Waals surface area contributed by atoms with Gasteiger partial charge in [-0.1, -0.05) is 6.07 Å². The van der Waals surface area contributed by atoms with Gasteiger partial charge in [0.15, 0.2) is 0 Å². The molecule has 1 unspecified atom stereocenters. The van der Waals surface area contributed by atoms with E-state index in [1.165, 1.54) is 4.68 Å². The highest BCUT2D eigenvalue weighted by Gasteiger charge is 2.26. The van der Waals surface area contributed by atoms with E-state index in [1.807, 2.05) is 12.1 Å². The second-order valence-corrected chi connectivity index (χ2v) is 6.04. The summed E-state index contributed by atoms with van der Waals surface area (Å²) >= 11 is 0. The zero-order chi connectivity index (χ0) is 16.9. The number of rotatable bonds is 4. The third-order valence-electron chi connectivity index (χ3n) is 4.30. The van der Waals surface area contributed by atoms with Crippen molar-refractivity contribution in [1.29, 1.82) is 0 Å². The molecule has 1 N–H and O–H groups in total. The minimum atomic E-state index is -0.143. The number of carbonyl (C=O) groups excluding carboxylic acids is 1. The number of carbonyl (C=O) groups is 1. The van der Waals surface area contributed by atoms with Crippen LogP contribution in [0.3, 0.4) is 0 Å². The topological polar surface area (TPSA) is 80.1 Å². The number of nitrogens with one attached hydrogen (secondary N) is 1. The molecule has 1 aliphatic rings. The molecule has 3 heterocycles. The highest BCUT2D eigenvalue weighted by atomic mass is 16.2. The zero-order valence-electron chi connectivity index (χ0n) is 13.7. The molecule has 1 fully saturated rings. The molecule has 7 heteroatoms. The van der Waals surface area contributed by atoms with Crippen molar-refractivity contribution in [1.82, 2.24) is 20.1 Å². The van der Waals surface area contributed by atoms with E-state index >= 15 is 0 Å². The SMILES string of the molecule is Cn1ncc(N2CCCC(C(=O)NCc3cccnc3)C2)cc1=O. The monoisotopic (exact) mass is 327 g/mol. The molecule has 0 radical (unpaired) electrons. The van der Waals surface area contributed by atoms with Gasteiger partial charge in [-0.3, -0.25) is 14.6 Å². The van der Waals surface area contributed by atoms with Gasteiger partial charge in [0.25, 0.3) is 5.56 Å². The number of anilines is 1. The fourth-order valence-corrected chi connectivity index (χ4v) is 2.89. The third-order valence-corrected chi connectivity index (χ3v) is 4.30. The first-order chi connectivity index (χ1) is 11.6. The van der Waals surface area contributed by atoms with E-state index in [0.717, 1.165) is 30.6 Å². The van der Waals surface area contributed by atoms with Gasteiger partial charge in [-0.05, 0) is 24.5 Å². The Morgan fingerprint density at radius 1 is 1.42 bits per heavy atom. The van der Waals surface area contributed by atoms with Crippen LogP contribution in [-0.4, -0.2) is 33.8 Å². The molecule has 2 aromatic rings. The Bertz CT molecular complexity index is 759. The molecule has 0 saturated carbocycles. The van der Waals surface area contributed by atoms with Crippen molar-refractivity contribution >= 4 is 11.6 Å². The smallest absolute Gasteiger partial charge is 0.268 e. The summed E-state index contributed by atoms with van der Waals surface area (Å²) in [6, 6.07) is 5.36. The summed E-state index contributed by atoms with van der Waals surface area (Å²) in [5.74, 6) is -0.0418. The van der Waals surface area contributed by atoms with Crippen molar-refractivity contribution in [2.24, 2.45) is 13.0 Å². The van der Waals surface area contributed by atoms with Gasteiger partial charge in [0.05, 0.1) is 17.8 Å². The molecule has 0 aromatic carbocycles. The highest BCUT2D eigenvalue weighted by Crippen LogP contribution is 2.21. The summed E-state index contributed by atoms with van der Waals surface area (Å²) in [5, 5.41) is 7.03. The van der Waals surface area contributed by atoms with Crippen molar-refractivity contribution in [2.75, 3.05) is 18.0 Å². The fraction of sp³-hybridized carbons (Fsp3) is 0.412. The van der Waals surface area contributed by atoms with E-state index in [-0.39, 0.29) is 17.4 Å². The predicted octanol–water partition coefficient (Wildman–Crippen LogP) is 0.708. The Balaban J connectivity index is 1.61. The van der Waals surface area contributed by atoms with E-state index in [4.69, 9.17) is 0 Å². The molecule has 0 aliphatic carbocycles. The van der Waals surface area contributed by atoms with Crippen molar-refractivity contribution < 1.29 is 4.79 Å². The zero-order valence-corrected chi connectivity index (χ0v) is 13.7. The van der Waals surface area contributed by atoms with E-state index in [9.17, 15) is 9.59 Å². The molecule has 0 spiro atoms. The first-order valence-electron chi connectivity index (χ1n) is 8.08. The minimum Gasteiger partial charge on any atom is -0.369 e. The van der Waals surface area contributed by atoms with Gasteiger partial charge in [0.2, 0.25) is 5.91 Å². The number of aromatic nitrogens is 3. The summed E-state index contributed by atoms with van der Waals surface area (Å²) in [7, 11) is 1.62. The van der Waals surface area contributed by atoms with Crippen LogP contribution < -0.4 is 15.8 Å². The fourth-order valence-electron chi connectivity index (χ4n) is 2.89. The first-order valence-corrected chi connectivity index (χ1v) is 8.08. The Labute approximate surface area is 140 Å². The molecule has 126 valence electrons. The van der Waals surface area contributed by atoms with Gasteiger partial charge in [0.1, 0.15) is 0 Å². The summed E-state index contributed by atoms with van der Waals surface area (Å²) in [4.78, 5) is 30.3. The van der Waals surface area contributed by atoms with Gasteiger partial charge in [-0.25, -0.2) is 4.68 Å². The van der Waals surface area contributed by atoms with Crippen molar-refractivity contribution in [3.63, 3.8) is 0 Å². The predicted molar refractivity (Wildman–Crippen MR) is 90.5 cm³/mol. The number of nitrogens with zero attached hydrogens (tertiary/aromatic N) is 4. The van der Waals surface area contributed by atoms with E-state index in [2.05, 4.69) is 20.3 Å². The number of pyridine rings is 1. The molecule has 1 atom stereocenters. The van der Waals surface area contributed by atoms with Crippen LogP contribution in [0.2, 0.25) is 0 Å². The van der Waals surface area contributed by atoms with Crippen LogP contribution in [0.4, 0.5) is 5.69 Å². The molecule has 1 aliphatic heterocycles. The van der Waals surface area contributed by atoms with Crippen molar-refractivity contribution in [3.8, 4) is 0 Å². The highest BCUT2D eigenvalue weighted by molar-refractivity contribution is 5.79. The largest absolute Gasteiger partial charge is 0.369 e. The lowest BCUT2D eigenvalue weighted by Crippen LogP contribution is -2.43. The van der Waals surface area contributed by atoms with Crippen LogP contribution in [0.1, 0.15) is 18.4 Å². The minimum absolute atomic E-state index is 0.0420. The van der Waals surface area contributed by atoms with E-state index in [0.29, 0.717) is 13.1 Å². The maximum Gasteiger partial charge on any atom is 0.268 e. The van der Waals surface area contributed by atoms with Crippen LogP contribution in [0.5, 0.6) is 0 Å². The molecule has 1 saturated heterocycles. The van der Waals surface area contributed by atoms with Gasteiger partial charge >= 0.3 is 0 Å². The lowest BCUT2D eigenvalue weighted by atomic mass is 9.96. The molecular weight excluding hydrogens is 306 g/mol. The molecule has 3 rings (SSSR count). The van der Waals surface area contributed by atoms with Crippen LogP contribution in [0.25, 0.3) is 0 Å². The molecule has 24 heavy (non-hydrogen) atoms. The molecule has 2 aromatic heterocycles. The van der Waals surface area contributed by atoms with E-state index < -0.39 is 0 Å². The number of amides is 1. The molecule has 7 nitrogen and oxygen atoms in total. The van der Waals surface area contributed by atoms with Gasteiger partial charge in [-0.15, -0.1) is 0 Å². The van der Waals surface area contributed by atoms with Crippen LogP contribution in [0, 0.1) is 5.92 Å². The van der Waals surface area contributed by atoms with Crippen LogP contribution in [-0.2, 0) is 18.4 Å². The van der Waals surface area contributed by atoms with Crippen molar-refractivity contribution in [2.45, 2.75) is 19.4 Å². The Hall–Kier alpha value is -2.70. The quantitative estimate of drug-likeness (QED) is 0.894. The average Bonchev–Trinajstić information content (AvgIpc) is 2.63. The van der Waals surface area contributed by atoms with Crippen molar-refractivity contribution in [3.05, 3.63) is 52.7 Å². The lowest BCUT2D eigenvalue weighted by molar-refractivity contribution is -0.125. The summed E-state index contributed by atoms with van der Waals surface area (Å²) in [6.45, 7) is 1.92. The third kappa shape index (κ3) is 3.79. The summed E-state index contributed by atoms with van der Waals surface area (Å²) in [5.41, 5.74) is 1.62. The molecule has 1 amide bonds. The number of hydrogen-bond acceptors (Lipinski definition) is 5. The second-order valence-electron chi connectivity index (χ2n) is 6.04. The van der Waals surface area contributed by atoms with Crippen LogP contribution in [0.15, 0.2) is 41.6 Å². The standard InChI is InChI=1S/C17H21N5O2/c1-21-16(23)8-15(11-20-21)22-7-3-5-14(12-22)17(24)19-10-13-4-2-6-18-9-13/h2,4,6,8-9,11,14H,3,5,7,10,12H2,1H3,(H,19,24). The molecular formula is C17H21N5O2. The number of aryl methyl sites for hydroxylation is 1. The lowest BCUT2D eigenvalue weighted by Gasteiger charge is -2.33. The molecule has 0 bridgehead atoms. The van der Waals surface area contributed by atoms with Gasteiger partial charge < -0.3 is 10.2 Å². The second kappa shape index (κ2) is 7.25. The maximum atomic E-state index is 12.4. The maximum absolute atomic E-state index is 12.4. The number of piperidine rings is 1. The first kappa shape index (κ1) is 16.2.